The molecule has 0 radical (unpaired) electrons. The van der Waals surface area contributed by atoms with E-state index in [9.17, 15) is 14.8 Å². The molecule has 1 aromatic carbocycles. The van der Waals surface area contributed by atoms with E-state index in [0.29, 0.717) is 11.7 Å². The lowest BCUT2D eigenvalue weighted by atomic mass is 10.1. The lowest BCUT2D eigenvalue weighted by molar-refractivity contribution is -0.121. The van der Waals surface area contributed by atoms with Crippen LogP contribution in [0.25, 0.3) is 0 Å². The number of carbonyl (C=O) groups excluding carboxylic acids is 2. The number of primary amides is 1. The normalized spacial score (nSPS) is 9.82. The van der Waals surface area contributed by atoms with Crippen molar-refractivity contribution in [2.24, 2.45) is 5.73 Å². The molecular weight excluding hydrogens is 224 g/mol. The van der Waals surface area contributed by atoms with E-state index in [0.717, 1.165) is 0 Å². The van der Waals surface area contributed by atoms with Crippen LogP contribution in [0.3, 0.4) is 0 Å². The molecule has 17 heavy (non-hydrogen) atoms. The third-order valence-electron chi connectivity index (χ3n) is 2.07. The van der Waals surface area contributed by atoms with Crippen LogP contribution in [-0.2, 0) is 4.79 Å². The Kier molecular flexibility index (Phi) is 4.06. The number of ether oxygens (including phenoxy) is 1. The fraction of sp³-hybridized carbons (Fsp3) is 0.273. The van der Waals surface area contributed by atoms with Gasteiger partial charge in [-0.1, -0.05) is 0 Å². The fourth-order valence-electron chi connectivity index (χ4n) is 1.30. The Morgan fingerprint density at radius 3 is 2.59 bits per heavy atom. The van der Waals surface area contributed by atoms with Gasteiger partial charge < -0.3 is 10.5 Å². The molecule has 92 valence electrons. The fourth-order valence-corrected chi connectivity index (χ4v) is 1.30. The molecule has 0 saturated carbocycles. The Labute approximate surface area is 98.5 Å². The molecule has 0 aliphatic carbocycles. The Balaban J connectivity index is 3.17. The van der Waals surface area contributed by atoms with Crippen LogP contribution in [0.4, 0.5) is 5.69 Å². The zero-order chi connectivity index (χ0) is 13.0. The molecule has 0 atom stereocenters. The molecule has 2 amide bonds. The average molecular weight is 238 g/mol. The standard InChI is InChI=1S/C11H14N2O4/c1-3-17-10-6-8(13(16)7(2)14)4-5-9(10)11(12)15/h4-6,16H,3H2,1-2H3,(H2,12,15). The predicted molar refractivity (Wildman–Crippen MR) is 61.1 cm³/mol. The highest BCUT2D eigenvalue weighted by molar-refractivity contribution is 5.97. The summed E-state index contributed by atoms with van der Waals surface area (Å²) >= 11 is 0. The lowest BCUT2D eigenvalue weighted by Crippen LogP contribution is -2.24. The van der Waals surface area contributed by atoms with E-state index >= 15 is 0 Å². The summed E-state index contributed by atoms with van der Waals surface area (Å²) in [4.78, 5) is 22.1. The minimum absolute atomic E-state index is 0.201. The Hall–Kier alpha value is -2.08. The highest BCUT2D eigenvalue weighted by Crippen LogP contribution is 2.25. The number of amides is 2. The van der Waals surface area contributed by atoms with Crippen LogP contribution in [0.1, 0.15) is 24.2 Å². The van der Waals surface area contributed by atoms with Crippen molar-refractivity contribution < 1.29 is 19.5 Å². The number of nitrogens with zero attached hydrogens (tertiary/aromatic N) is 1. The summed E-state index contributed by atoms with van der Waals surface area (Å²) in [5.74, 6) is -0.940. The zero-order valence-corrected chi connectivity index (χ0v) is 9.64. The first kappa shape index (κ1) is 13.0. The molecule has 0 fully saturated rings. The van der Waals surface area contributed by atoms with Crippen molar-refractivity contribution in [2.45, 2.75) is 13.8 Å². The van der Waals surface area contributed by atoms with Gasteiger partial charge in [-0.05, 0) is 19.1 Å². The van der Waals surface area contributed by atoms with E-state index in [-0.39, 0.29) is 17.0 Å². The molecule has 0 aromatic heterocycles. The Morgan fingerprint density at radius 2 is 2.12 bits per heavy atom. The topological polar surface area (TPSA) is 92.9 Å². The van der Waals surface area contributed by atoms with Crippen LogP contribution in [-0.4, -0.2) is 23.6 Å². The van der Waals surface area contributed by atoms with Crippen LogP contribution < -0.4 is 15.5 Å². The van der Waals surface area contributed by atoms with Crippen LogP contribution in [0.5, 0.6) is 5.75 Å². The van der Waals surface area contributed by atoms with E-state index in [1.54, 1.807) is 6.92 Å². The predicted octanol–water partition coefficient (Wildman–Crippen LogP) is 0.926. The van der Waals surface area contributed by atoms with E-state index in [1.807, 2.05) is 0 Å². The molecule has 0 saturated heterocycles. The van der Waals surface area contributed by atoms with Crippen LogP contribution >= 0.6 is 0 Å². The van der Waals surface area contributed by atoms with E-state index in [1.165, 1.54) is 25.1 Å². The molecule has 0 aliphatic rings. The van der Waals surface area contributed by atoms with Gasteiger partial charge in [0.2, 0.25) is 5.91 Å². The second kappa shape index (κ2) is 5.31. The second-order valence-electron chi connectivity index (χ2n) is 3.31. The summed E-state index contributed by atoms with van der Waals surface area (Å²) in [6.45, 7) is 3.30. The van der Waals surface area contributed by atoms with Gasteiger partial charge in [-0.2, -0.15) is 5.06 Å². The van der Waals surface area contributed by atoms with Gasteiger partial charge in [0.15, 0.2) is 0 Å². The Bertz CT molecular complexity index is 445. The van der Waals surface area contributed by atoms with Gasteiger partial charge in [0.25, 0.3) is 5.91 Å². The third kappa shape index (κ3) is 2.94. The maximum Gasteiger partial charge on any atom is 0.252 e. The number of nitrogens with two attached hydrogens (primary N) is 1. The molecule has 6 heteroatoms. The van der Waals surface area contributed by atoms with E-state index in [2.05, 4.69) is 0 Å². The molecule has 0 unspecified atom stereocenters. The summed E-state index contributed by atoms with van der Waals surface area (Å²) < 4.78 is 5.22. The van der Waals surface area contributed by atoms with E-state index in [4.69, 9.17) is 10.5 Å². The molecule has 6 nitrogen and oxygen atoms in total. The first-order valence-corrected chi connectivity index (χ1v) is 5.03. The summed E-state index contributed by atoms with van der Waals surface area (Å²) in [7, 11) is 0. The summed E-state index contributed by atoms with van der Waals surface area (Å²) in [5, 5.41) is 9.90. The number of hydrogen-bond acceptors (Lipinski definition) is 4. The highest BCUT2D eigenvalue weighted by atomic mass is 16.5. The molecule has 1 rings (SSSR count). The molecule has 1 aromatic rings. The SMILES string of the molecule is CCOc1cc(N(O)C(C)=O)ccc1C(N)=O. The number of hydroxylamine groups is 1. The zero-order valence-electron chi connectivity index (χ0n) is 9.64. The maximum atomic E-state index is 11.1. The van der Waals surface area contributed by atoms with Crippen LogP contribution in [0.15, 0.2) is 18.2 Å². The molecule has 0 bridgehead atoms. The molecular formula is C11H14N2O4. The van der Waals surface area contributed by atoms with Gasteiger partial charge in [-0.25, -0.2) is 0 Å². The number of anilines is 1. The average Bonchev–Trinajstić information content (AvgIpc) is 2.27. The monoisotopic (exact) mass is 238 g/mol. The molecule has 0 heterocycles. The molecule has 0 spiro atoms. The van der Waals surface area contributed by atoms with Gasteiger partial charge >= 0.3 is 0 Å². The van der Waals surface area contributed by atoms with Crippen molar-refractivity contribution in [3.63, 3.8) is 0 Å². The van der Waals surface area contributed by atoms with Gasteiger partial charge in [-0.15, -0.1) is 0 Å². The number of benzene rings is 1. The first-order valence-electron chi connectivity index (χ1n) is 5.03. The molecule has 3 N–H and O–H groups in total. The smallest absolute Gasteiger partial charge is 0.252 e. The second-order valence-corrected chi connectivity index (χ2v) is 3.31. The highest BCUT2D eigenvalue weighted by Gasteiger charge is 2.14. The lowest BCUT2D eigenvalue weighted by Gasteiger charge is -2.15. The quantitative estimate of drug-likeness (QED) is 0.602. The van der Waals surface area contributed by atoms with Crippen molar-refractivity contribution >= 4 is 17.5 Å². The maximum absolute atomic E-state index is 11.1. The number of hydrogen-bond donors (Lipinski definition) is 2. The van der Waals surface area contributed by atoms with Crippen molar-refractivity contribution in [1.82, 2.24) is 0 Å². The van der Waals surface area contributed by atoms with Crippen molar-refractivity contribution in [3.8, 4) is 5.75 Å². The van der Waals surface area contributed by atoms with Crippen LogP contribution in [0.2, 0.25) is 0 Å². The minimum Gasteiger partial charge on any atom is -0.493 e. The van der Waals surface area contributed by atoms with Crippen molar-refractivity contribution in [3.05, 3.63) is 23.8 Å². The van der Waals surface area contributed by atoms with Crippen molar-refractivity contribution in [1.29, 1.82) is 0 Å². The largest absolute Gasteiger partial charge is 0.493 e. The van der Waals surface area contributed by atoms with Crippen LogP contribution in [0, 0.1) is 0 Å². The van der Waals surface area contributed by atoms with Gasteiger partial charge in [0, 0.05) is 13.0 Å². The van der Waals surface area contributed by atoms with Gasteiger partial charge in [0.1, 0.15) is 5.75 Å². The first-order chi connectivity index (χ1) is 7.97. The minimum atomic E-state index is -0.632. The third-order valence-corrected chi connectivity index (χ3v) is 2.07. The Morgan fingerprint density at radius 1 is 1.47 bits per heavy atom. The van der Waals surface area contributed by atoms with Crippen molar-refractivity contribution in [2.75, 3.05) is 11.7 Å². The molecule has 0 aliphatic heterocycles. The summed E-state index contributed by atoms with van der Waals surface area (Å²) in [5.41, 5.74) is 5.58. The summed E-state index contributed by atoms with van der Waals surface area (Å²) in [6.07, 6.45) is 0. The van der Waals surface area contributed by atoms with Gasteiger partial charge in [0.05, 0.1) is 17.9 Å². The van der Waals surface area contributed by atoms with Gasteiger partial charge in [-0.3, -0.25) is 14.8 Å². The summed E-state index contributed by atoms with van der Waals surface area (Å²) in [6, 6.07) is 4.18. The number of rotatable bonds is 4. The number of carbonyl (C=O) groups is 2. The van der Waals surface area contributed by atoms with E-state index < -0.39 is 11.8 Å².